The first kappa shape index (κ1) is 14.7. The molecular formula is C15H23NO2. The average Bonchev–Trinajstić information content (AvgIpc) is 2.37. The SMILES string of the molecule is CCN(CCC(=O)OC)Cc1c(C)cccc1C. The third kappa shape index (κ3) is 4.15. The number of hydrogen-bond donors (Lipinski definition) is 0. The Hall–Kier alpha value is -1.35. The van der Waals surface area contributed by atoms with Crippen molar-refractivity contribution in [2.45, 2.75) is 33.7 Å². The van der Waals surface area contributed by atoms with Crippen molar-refractivity contribution in [3.05, 3.63) is 34.9 Å². The van der Waals surface area contributed by atoms with E-state index in [0.717, 1.165) is 19.6 Å². The van der Waals surface area contributed by atoms with Crippen molar-refractivity contribution in [3.63, 3.8) is 0 Å². The normalized spacial score (nSPS) is 10.7. The third-order valence-corrected chi connectivity index (χ3v) is 3.33. The van der Waals surface area contributed by atoms with Crippen molar-refractivity contribution in [2.24, 2.45) is 0 Å². The first-order valence-corrected chi connectivity index (χ1v) is 6.42. The standard InChI is InChI=1S/C15H23NO2/c1-5-16(10-9-15(17)18-4)11-14-12(2)7-6-8-13(14)3/h6-8H,5,9-11H2,1-4H3. The Morgan fingerprint density at radius 3 is 2.39 bits per heavy atom. The lowest BCUT2D eigenvalue weighted by atomic mass is 10.0. The van der Waals surface area contributed by atoms with Crippen molar-refractivity contribution in [1.29, 1.82) is 0 Å². The number of carbonyl (C=O) groups is 1. The van der Waals surface area contributed by atoms with Crippen LogP contribution in [-0.2, 0) is 16.1 Å². The van der Waals surface area contributed by atoms with Gasteiger partial charge in [-0.15, -0.1) is 0 Å². The Labute approximate surface area is 110 Å². The molecule has 1 aromatic carbocycles. The van der Waals surface area contributed by atoms with Crippen LogP contribution in [-0.4, -0.2) is 31.1 Å². The van der Waals surface area contributed by atoms with Crippen LogP contribution >= 0.6 is 0 Å². The molecule has 1 rings (SSSR count). The monoisotopic (exact) mass is 249 g/mol. The Kier molecular flexibility index (Phi) is 5.86. The van der Waals surface area contributed by atoms with Crippen LogP contribution in [0.4, 0.5) is 0 Å². The maximum Gasteiger partial charge on any atom is 0.306 e. The van der Waals surface area contributed by atoms with E-state index in [1.54, 1.807) is 0 Å². The lowest BCUT2D eigenvalue weighted by Gasteiger charge is -2.22. The summed E-state index contributed by atoms with van der Waals surface area (Å²) in [5.74, 6) is -0.144. The van der Waals surface area contributed by atoms with E-state index < -0.39 is 0 Å². The van der Waals surface area contributed by atoms with Crippen molar-refractivity contribution < 1.29 is 9.53 Å². The number of methoxy groups -OCH3 is 1. The molecule has 18 heavy (non-hydrogen) atoms. The topological polar surface area (TPSA) is 29.5 Å². The van der Waals surface area contributed by atoms with Crippen LogP contribution in [0.3, 0.4) is 0 Å². The van der Waals surface area contributed by atoms with Gasteiger partial charge in [0.2, 0.25) is 0 Å². The maximum absolute atomic E-state index is 11.2. The van der Waals surface area contributed by atoms with E-state index in [9.17, 15) is 4.79 Å². The van der Waals surface area contributed by atoms with Gasteiger partial charge in [-0.3, -0.25) is 9.69 Å². The predicted molar refractivity (Wildman–Crippen MR) is 73.5 cm³/mol. The molecule has 0 spiro atoms. The van der Waals surface area contributed by atoms with Crippen LogP contribution in [0.25, 0.3) is 0 Å². The summed E-state index contributed by atoms with van der Waals surface area (Å²) in [6.45, 7) is 8.96. The molecule has 0 N–H and O–H groups in total. The van der Waals surface area contributed by atoms with Crippen molar-refractivity contribution >= 4 is 5.97 Å². The Morgan fingerprint density at radius 2 is 1.89 bits per heavy atom. The van der Waals surface area contributed by atoms with Crippen molar-refractivity contribution in [2.75, 3.05) is 20.2 Å². The number of rotatable bonds is 6. The summed E-state index contributed by atoms with van der Waals surface area (Å²) < 4.78 is 4.68. The molecule has 3 heteroatoms. The zero-order valence-electron chi connectivity index (χ0n) is 11.8. The number of hydrogen-bond acceptors (Lipinski definition) is 3. The molecule has 0 aliphatic carbocycles. The van der Waals surface area contributed by atoms with E-state index in [4.69, 9.17) is 0 Å². The van der Waals surface area contributed by atoms with Crippen LogP contribution in [0.1, 0.15) is 30.0 Å². The number of ether oxygens (including phenoxy) is 1. The van der Waals surface area contributed by atoms with E-state index in [-0.39, 0.29) is 5.97 Å². The minimum absolute atomic E-state index is 0.144. The predicted octanol–water partition coefficient (Wildman–Crippen LogP) is 2.69. The summed E-state index contributed by atoms with van der Waals surface area (Å²) in [4.78, 5) is 13.4. The summed E-state index contributed by atoms with van der Waals surface area (Å²) in [5.41, 5.74) is 3.99. The van der Waals surface area contributed by atoms with E-state index in [1.165, 1.54) is 23.8 Å². The molecule has 1 aromatic rings. The number of benzene rings is 1. The summed E-state index contributed by atoms with van der Waals surface area (Å²) >= 11 is 0. The molecule has 0 bridgehead atoms. The molecular weight excluding hydrogens is 226 g/mol. The van der Waals surface area contributed by atoms with Gasteiger partial charge in [0.05, 0.1) is 13.5 Å². The fraction of sp³-hybridized carbons (Fsp3) is 0.533. The molecule has 0 fully saturated rings. The molecule has 100 valence electrons. The largest absolute Gasteiger partial charge is 0.469 e. The van der Waals surface area contributed by atoms with Crippen molar-refractivity contribution in [3.8, 4) is 0 Å². The molecule has 0 unspecified atom stereocenters. The molecule has 0 aliphatic heterocycles. The van der Waals surface area contributed by atoms with E-state index >= 15 is 0 Å². The molecule has 0 saturated heterocycles. The fourth-order valence-electron chi connectivity index (χ4n) is 2.02. The van der Waals surface area contributed by atoms with Gasteiger partial charge in [0.15, 0.2) is 0 Å². The maximum atomic E-state index is 11.2. The van der Waals surface area contributed by atoms with E-state index in [2.05, 4.69) is 48.6 Å². The third-order valence-electron chi connectivity index (χ3n) is 3.33. The summed E-state index contributed by atoms with van der Waals surface area (Å²) in [5, 5.41) is 0. The minimum atomic E-state index is -0.144. The molecule has 0 amide bonds. The fourth-order valence-corrected chi connectivity index (χ4v) is 2.02. The zero-order chi connectivity index (χ0) is 13.5. The highest BCUT2D eigenvalue weighted by atomic mass is 16.5. The van der Waals surface area contributed by atoms with Gasteiger partial charge in [-0.2, -0.15) is 0 Å². The van der Waals surface area contributed by atoms with Gasteiger partial charge in [-0.05, 0) is 37.1 Å². The number of carbonyl (C=O) groups excluding carboxylic acids is 1. The zero-order valence-corrected chi connectivity index (χ0v) is 11.8. The highest BCUT2D eigenvalue weighted by molar-refractivity contribution is 5.69. The van der Waals surface area contributed by atoms with Crippen LogP contribution in [0.2, 0.25) is 0 Å². The second-order valence-corrected chi connectivity index (χ2v) is 4.57. The first-order chi connectivity index (χ1) is 8.58. The van der Waals surface area contributed by atoms with E-state index in [0.29, 0.717) is 6.42 Å². The van der Waals surface area contributed by atoms with Crippen molar-refractivity contribution in [1.82, 2.24) is 4.90 Å². The number of nitrogens with zero attached hydrogens (tertiary/aromatic N) is 1. The Bertz CT molecular complexity index is 381. The number of esters is 1. The van der Waals surface area contributed by atoms with Gasteiger partial charge in [0, 0.05) is 13.1 Å². The average molecular weight is 249 g/mol. The van der Waals surface area contributed by atoms with E-state index in [1.807, 2.05) is 0 Å². The second-order valence-electron chi connectivity index (χ2n) is 4.57. The summed E-state index contributed by atoms with van der Waals surface area (Å²) in [6.07, 6.45) is 0.454. The lowest BCUT2D eigenvalue weighted by Crippen LogP contribution is -2.26. The van der Waals surface area contributed by atoms with Gasteiger partial charge in [0.25, 0.3) is 0 Å². The minimum Gasteiger partial charge on any atom is -0.469 e. The van der Waals surface area contributed by atoms with Gasteiger partial charge in [0.1, 0.15) is 0 Å². The van der Waals surface area contributed by atoms with Gasteiger partial charge >= 0.3 is 5.97 Å². The number of aryl methyl sites for hydroxylation is 2. The van der Waals surface area contributed by atoms with Gasteiger partial charge < -0.3 is 4.74 Å². The smallest absolute Gasteiger partial charge is 0.306 e. The summed E-state index contributed by atoms with van der Waals surface area (Å²) in [6, 6.07) is 6.35. The Balaban J connectivity index is 2.65. The van der Waals surface area contributed by atoms with Crippen LogP contribution in [0, 0.1) is 13.8 Å². The molecule has 0 atom stereocenters. The molecule has 0 aromatic heterocycles. The highest BCUT2D eigenvalue weighted by Gasteiger charge is 2.10. The lowest BCUT2D eigenvalue weighted by molar-refractivity contribution is -0.141. The summed E-state index contributed by atoms with van der Waals surface area (Å²) in [7, 11) is 1.43. The van der Waals surface area contributed by atoms with Crippen LogP contribution in [0.15, 0.2) is 18.2 Å². The molecule has 3 nitrogen and oxygen atoms in total. The van der Waals surface area contributed by atoms with Gasteiger partial charge in [-0.25, -0.2) is 0 Å². The first-order valence-electron chi connectivity index (χ1n) is 6.42. The van der Waals surface area contributed by atoms with Gasteiger partial charge in [-0.1, -0.05) is 25.1 Å². The quantitative estimate of drug-likeness (QED) is 0.726. The Morgan fingerprint density at radius 1 is 1.28 bits per heavy atom. The molecule has 0 radical (unpaired) electrons. The highest BCUT2D eigenvalue weighted by Crippen LogP contribution is 2.15. The second kappa shape index (κ2) is 7.17. The molecule has 0 aliphatic rings. The molecule has 0 saturated carbocycles. The molecule has 0 heterocycles. The van der Waals surface area contributed by atoms with Crippen LogP contribution in [0.5, 0.6) is 0 Å². The van der Waals surface area contributed by atoms with Crippen LogP contribution < -0.4 is 0 Å².